The molecule has 1 amide bonds. The number of nitrogen functional groups attached to an aromatic ring is 1. The van der Waals surface area contributed by atoms with Gasteiger partial charge >= 0.3 is 0 Å². The molecule has 5 rings (SSSR count). The van der Waals surface area contributed by atoms with E-state index in [1.165, 1.54) is 12.4 Å². The Hall–Kier alpha value is -4.40. The van der Waals surface area contributed by atoms with E-state index in [1.807, 2.05) is 42.5 Å². The van der Waals surface area contributed by atoms with Crippen molar-refractivity contribution < 1.29 is 9.63 Å². The van der Waals surface area contributed by atoms with Gasteiger partial charge in [-0.1, -0.05) is 24.8 Å². The first kappa shape index (κ1) is 20.5. The highest BCUT2D eigenvalue weighted by Gasteiger charge is 2.28. The summed E-state index contributed by atoms with van der Waals surface area (Å²) in [7, 11) is 0. The molecule has 1 aliphatic rings. The van der Waals surface area contributed by atoms with Gasteiger partial charge in [-0.25, -0.2) is 20.4 Å². The van der Waals surface area contributed by atoms with Crippen LogP contribution in [0.4, 0.5) is 11.6 Å². The smallest absolute Gasteiger partial charge is 0.243 e. The van der Waals surface area contributed by atoms with Crippen LogP contribution in [0.3, 0.4) is 0 Å². The van der Waals surface area contributed by atoms with Gasteiger partial charge in [-0.2, -0.15) is 0 Å². The highest BCUT2D eigenvalue weighted by Crippen LogP contribution is 2.39. The van der Waals surface area contributed by atoms with Crippen molar-refractivity contribution in [2.24, 2.45) is 0 Å². The van der Waals surface area contributed by atoms with Crippen molar-refractivity contribution in [3.05, 3.63) is 73.3 Å². The van der Waals surface area contributed by atoms with Gasteiger partial charge < -0.3 is 20.5 Å². The van der Waals surface area contributed by atoms with E-state index >= 15 is 0 Å². The van der Waals surface area contributed by atoms with Gasteiger partial charge in [-0.3, -0.25) is 4.79 Å². The van der Waals surface area contributed by atoms with Gasteiger partial charge in [-0.05, 0) is 48.7 Å². The zero-order valence-electron chi connectivity index (χ0n) is 17.9. The highest BCUT2D eigenvalue weighted by atomic mass is 16.6. The molecule has 0 radical (unpaired) electrons. The van der Waals surface area contributed by atoms with Gasteiger partial charge in [0, 0.05) is 30.0 Å². The first-order valence-electron chi connectivity index (χ1n) is 10.6. The predicted molar refractivity (Wildman–Crippen MR) is 126 cm³/mol. The molecule has 0 fully saturated rings. The molecule has 4 N–H and O–H groups in total. The van der Waals surface area contributed by atoms with Crippen molar-refractivity contribution in [1.29, 1.82) is 0 Å². The molecule has 9 heteroatoms. The molecule has 166 valence electrons. The number of amides is 1. The van der Waals surface area contributed by atoms with Gasteiger partial charge in [0.25, 0.3) is 0 Å². The lowest BCUT2D eigenvalue weighted by Crippen LogP contribution is -2.40. The Morgan fingerprint density at radius 3 is 2.79 bits per heavy atom. The van der Waals surface area contributed by atoms with Crippen molar-refractivity contribution in [1.82, 2.24) is 24.8 Å². The minimum Gasteiger partial charge on any atom is -0.383 e. The molecule has 0 spiro atoms. The number of aromatic nitrogens is 4. The molecule has 33 heavy (non-hydrogen) atoms. The Bertz CT molecular complexity index is 1320. The molecule has 0 bridgehead atoms. The second-order valence-corrected chi connectivity index (χ2v) is 7.78. The summed E-state index contributed by atoms with van der Waals surface area (Å²) in [4.78, 5) is 30.4. The quantitative estimate of drug-likeness (QED) is 0.311. The van der Waals surface area contributed by atoms with Crippen LogP contribution in [0.2, 0.25) is 0 Å². The third-order valence-corrected chi connectivity index (χ3v) is 5.72. The number of carbonyl (C=O) groups is 1. The van der Waals surface area contributed by atoms with Crippen molar-refractivity contribution >= 4 is 28.6 Å². The standard InChI is InChI=1S/C24H23N7O2/c1-2-20(32)29-16-8-11-18-21(22-23(25)27-14-28-24(22)31(18)13-16)15-6-9-17(10-7-15)33-30-19-5-3-4-12-26-19/h2-7,9-10,12,14,16H,1,8,11,13H2,(H,26,30)(H,29,32)(H2,25,27,28)/t16-/m1/s1. The first-order valence-corrected chi connectivity index (χ1v) is 10.6. The average Bonchev–Trinajstić information content (AvgIpc) is 3.19. The topological polar surface area (TPSA) is 120 Å². The monoisotopic (exact) mass is 441 g/mol. The number of nitrogens with one attached hydrogen (secondary N) is 2. The maximum absolute atomic E-state index is 11.8. The molecule has 0 aliphatic carbocycles. The average molecular weight is 441 g/mol. The van der Waals surface area contributed by atoms with Crippen LogP contribution in [0.1, 0.15) is 12.1 Å². The van der Waals surface area contributed by atoms with Crippen LogP contribution in [0.25, 0.3) is 22.2 Å². The number of carbonyl (C=O) groups excluding carboxylic acids is 1. The molecular formula is C24H23N7O2. The molecule has 9 nitrogen and oxygen atoms in total. The summed E-state index contributed by atoms with van der Waals surface area (Å²) in [5, 5.41) is 3.81. The van der Waals surface area contributed by atoms with Gasteiger partial charge in [0.15, 0.2) is 11.6 Å². The number of nitrogens with zero attached hydrogens (tertiary/aromatic N) is 4. The maximum atomic E-state index is 11.8. The Labute approximate surface area is 190 Å². The highest BCUT2D eigenvalue weighted by molar-refractivity contribution is 6.02. The summed E-state index contributed by atoms with van der Waals surface area (Å²) in [6, 6.07) is 13.3. The molecular weight excluding hydrogens is 418 g/mol. The van der Waals surface area contributed by atoms with E-state index in [-0.39, 0.29) is 11.9 Å². The summed E-state index contributed by atoms with van der Waals surface area (Å²) >= 11 is 0. The van der Waals surface area contributed by atoms with Gasteiger partial charge in [0.2, 0.25) is 5.91 Å². The number of benzene rings is 1. The largest absolute Gasteiger partial charge is 0.383 e. The van der Waals surface area contributed by atoms with Gasteiger partial charge in [0.05, 0.1) is 5.39 Å². The second kappa shape index (κ2) is 8.62. The number of anilines is 2. The lowest BCUT2D eigenvalue weighted by Gasteiger charge is -2.26. The van der Waals surface area contributed by atoms with Crippen LogP contribution in [-0.4, -0.2) is 31.5 Å². The summed E-state index contributed by atoms with van der Waals surface area (Å²) in [6.07, 6.45) is 6.04. The molecule has 4 aromatic rings. The fraction of sp³-hybridized carbons (Fsp3) is 0.167. The molecule has 4 heterocycles. The molecule has 0 saturated heterocycles. The van der Waals surface area contributed by atoms with E-state index < -0.39 is 0 Å². The third-order valence-electron chi connectivity index (χ3n) is 5.72. The molecule has 1 aliphatic heterocycles. The normalized spacial score (nSPS) is 15.0. The van der Waals surface area contributed by atoms with E-state index in [0.29, 0.717) is 23.9 Å². The minimum atomic E-state index is -0.177. The lowest BCUT2D eigenvalue weighted by atomic mass is 9.97. The Kier molecular flexibility index (Phi) is 5.35. The van der Waals surface area contributed by atoms with Crippen molar-refractivity contribution in [3.8, 4) is 16.9 Å². The van der Waals surface area contributed by atoms with E-state index in [2.05, 4.69) is 36.9 Å². The number of fused-ring (bicyclic) bond motifs is 3. The Balaban J connectivity index is 1.47. The van der Waals surface area contributed by atoms with Crippen LogP contribution < -0.4 is 21.4 Å². The van der Waals surface area contributed by atoms with Crippen molar-refractivity contribution in [2.75, 3.05) is 11.2 Å². The maximum Gasteiger partial charge on any atom is 0.243 e. The van der Waals surface area contributed by atoms with E-state index in [1.54, 1.807) is 6.20 Å². The van der Waals surface area contributed by atoms with Gasteiger partial charge in [0.1, 0.15) is 17.8 Å². The van der Waals surface area contributed by atoms with E-state index in [0.717, 1.165) is 40.7 Å². The lowest BCUT2D eigenvalue weighted by molar-refractivity contribution is -0.117. The number of hydrogen-bond acceptors (Lipinski definition) is 7. The first-order chi connectivity index (χ1) is 16.1. The van der Waals surface area contributed by atoms with E-state index in [9.17, 15) is 4.79 Å². The molecule has 1 aromatic carbocycles. The molecule has 0 unspecified atom stereocenters. The van der Waals surface area contributed by atoms with Crippen LogP contribution in [0.15, 0.2) is 67.6 Å². The molecule has 1 atom stereocenters. The third kappa shape index (κ3) is 3.96. The molecule has 0 saturated carbocycles. The van der Waals surface area contributed by atoms with Crippen molar-refractivity contribution in [2.45, 2.75) is 25.4 Å². The van der Waals surface area contributed by atoms with Crippen molar-refractivity contribution in [3.63, 3.8) is 0 Å². The summed E-state index contributed by atoms with van der Waals surface area (Å²) in [6.45, 7) is 4.15. The fourth-order valence-electron chi connectivity index (χ4n) is 4.23. The number of pyridine rings is 1. The molecule has 3 aromatic heterocycles. The van der Waals surface area contributed by atoms with Crippen LogP contribution >= 0.6 is 0 Å². The minimum absolute atomic E-state index is 0.00362. The SMILES string of the molecule is C=CC(=O)N[C@@H]1CCc2c(-c3ccc(ONc4ccccn4)cc3)c3c(N)ncnc3n2C1. The number of nitrogens with two attached hydrogens (primary N) is 1. The second-order valence-electron chi connectivity index (χ2n) is 7.78. The zero-order valence-corrected chi connectivity index (χ0v) is 17.9. The predicted octanol–water partition coefficient (Wildman–Crippen LogP) is 3.10. The fourth-order valence-corrected chi connectivity index (χ4v) is 4.23. The number of hydrogen-bond donors (Lipinski definition) is 3. The zero-order chi connectivity index (χ0) is 22.8. The number of rotatable bonds is 6. The Morgan fingerprint density at radius 1 is 1.18 bits per heavy atom. The van der Waals surface area contributed by atoms with Gasteiger partial charge in [-0.15, -0.1) is 0 Å². The summed E-state index contributed by atoms with van der Waals surface area (Å²) in [5.41, 5.74) is 13.0. The van der Waals surface area contributed by atoms with E-state index in [4.69, 9.17) is 10.6 Å². The summed E-state index contributed by atoms with van der Waals surface area (Å²) < 4.78 is 2.13. The van der Waals surface area contributed by atoms with Crippen LogP contribution in [0.5, 0.6) is 5.75 Å². The summed E-state index contributed by atoms with van der Waals surface area (Å²) in [5.74, 6) is 1.53. The van der Waals surface area contributed by atoms with Crippen LogP contribution in [0, 0.1) is 0 Å². The van der Waals surface area contributed by atoms with Crippen LogP contribution in [-0.2, 0) is 17.8 Å². The Morgan fingerprint density at radius 2 is 2.03 bits per heavy atom.